The predicted molar refractivity (Wildman–Crippen MR) is 105 cm³/mol. The average Bonchev–Trinajstić information content (AvgIpc) is 2.96. The normalized spacial score (nSPS) is 16.3. The first-order valence-corrected chi connectivity index (χ1v) is 9.69. The number of unbranched alkanes of at least 4 members (excludes halogenated alkanes) is 1. The molecule has 0 bridgehead atoms. The minimum atomic E-state index is -0.0656. The molecule has 0 saturated carbocycles. The van der Waals surface area contributed by atoms with Gasteiger partial charge in [-0.25, -0.2) is 4.98 Å². The van der Waals surface area contributed by atoms with Gasteiger partial charge in [0.15, 0.2) is 5.78 Å². The third kappa shape index (κ3) is 5.11. The van der Waals surface area contributed by atoms with E-state index in [2.05, 4.69) is 43.8 Å². The van der Waals surface area contributed by atoms with Crippen LogP contribution < -0.4 is 4.74 Å². The minimum Gasteiger partial charge on any atom is -0.477 e. The summed E-state index contributed by atoms with van der Waals surface area (Å²) in [7, 11) is 0. The molecule has 0 spiro atoms. The summed E-state index contributed by atoms with van der Waals surface area (Å²) >= 11 is 1.68. The number of carbonyl (C=O) groups is 1. The van der Waals surface area contributed by atoms with Crippen molar-refractivity contribution >= 4 is 17.5 Å². The first-order valence-electron chi connectivity index (χ1n) is 8.87. The smallest absolute Gasteiger partial charge is 0.224 e. The predicted octanol–water partition coefficient (Wildman–Crippen LogP) is 5.24. The van der Waals surface area contributed by atoms with Gasteiger partial charge in [-0.05, 0) is 30.9 Å². The molecule has 1 aliphatic rings. The molecule has 0 unspecified atom stereocenters. The van der Waals surface area contributed by atoms with Gasteiger partial charge in [0, 0.05) is 29.9 Å². The Morgan fingerprint density at radius 3 is 2.76 bits per heavy atom. The summed E-state index contributed by atoms with van der Waals surface area (Å²) < 4.78 is 5.50. The van der Waals surface area contributed by atoms with Crippen molar-refractivity contribution in [3.63, 3.8) is 0 Å². The monoisotopic (exact) mass is 360 g/mol. The molecule has 136 valence electrons. The largest absolute Gasteiger partial charge is 0.477 e. The fourth-order valence-electron chi connectivity index (χ4n) is 2.39. The van der Waals surface area contributed by atoms with Gasteiger partial charge in [0.25, 0.3) is 0 Å². The molecule has 5 heteroatoms. The van der Waals surface area contributed by atoms with Crippen LogP contribution in [0.25, 0.3) is 0 Å². The number of hydrogen-bond donors (Lipinski definition) is 0. The van der Waals surface area contributed by atoms with Crippen molar-refractivity contribution in [2.24, 2.45) is 5.41 Å². The van der Waals surface area contributed by atoms with Crippen LogP contribution >= 0.6 is 11.8 Å². The lowest BCUT2D eigenvalue weighted by Gasteiger charge is -2.17. The molecule has 1 aromatic rings. The Labute approximate surface area is 155 Å². The number of ketones is 1. The zero-order valence-corrected chi connectivity index (χ0v) is 16.7. The second-order valence-electron chi connectivity index (χ2n) is 7.03. The topological polar surface area (TPSA) is 42.4 Å². The van der Waals surface area contributed by atoms with Crippen molar-refractivity contribution in [1.29, 1.82) is 0 Å². The van der Waals surface area contributed by atoms with Crippen molar-refractivity contribution in [2.45, 2.75) is 47.5 Å². The van der Waals surface area contributed by atoms with Crippen LogP contribution in [0.1, 0.15) is 57.8 Å². The summed E-state index contributed by atoms with van der Waals surface area (Å²) in [6.45, 7) is 12.1. The van der Waals surface area contributed by atoms with Crippen LogP contribution in [0.3, 0.4) is 0 Å². The average molecular weight is 361 g/mol. The third-order valence-corrected chi connectivity index (χ3v) is 5.33. The standard InChI is InChI=1S/C20H28N2O2S/c1-6-8-12-22-14-17(20(3,4)5)25-18(22)13-16(23)15-10-9-11-21-19(15)24-7-2/h9-11,13-14H,6-8,12H2,1-5H3. The van der Waals surface area contributed by atoms with E-state index in [9.17, 15) is 4.79 Å². The van der Waals surface area contributed by atoms with Crippen LogP contribution in [-0.2, 0) is 0 Å². The Kier molecular flexibility index (Phi) is 6.71. The zero-order valence-electron chi connectivity index (χ0n) is 15.8. The molecular formula is C20H28N2O2S. The second kappa shape index (κ2) is 8.56. The van der Waals surface area contributed by atoms with E-state index >= 15 is 0 Å². The number of aromatic nitrogens is 1. The first kappa shape index (κ1) is 19.6. The molecule has 0 atom stereocenters. The summed E-state index contributed by atoms with van der Waals surface area (Å²) in [5, 5.41) is 0.981. The van der Waals surface area contributed by atoms with E-state index in [0.717, 1.165) is 24.4 Å². The van der Waals surface area contributed by atoms with Gasteiger partial charge in [-0.3, -0.25) is 4.79 Å². The lowest BCUT2D eigenvalue weighted by atomic mass is 9.96. The highest BCUT2D eigenvalue weighted by Crippen LogP contribution is 2.45. The van der Waals surface area contributed by atoms with Crippen LogP contribution in [0, 0.1) is 5.41 Å². The number of carbonyl (C=O) groups excluding carboxylic acids is 1. The number of pyridine rings is 1. The Bertz CT molecular complexity index is 675. The van der Waals surface area contributed by atoms with E-state index in [4.69, 9.17) is 4.74 Å². The van der Waals surface area contributed by atoms with Gasteiger partial charge in [0.2, 0.25) is 5.88 Å². The molecule has 0 aromatic carbocycles. The molecule has 2 heterocycles. The number of rotatable bonds is 7. The number of ether oxygens (including phenoxy) is 1. The van der Waals surface area contributed by atoms with Crippen LogP contribution in [0.15, 0.2) is 40.5 Å². The van der Waals surface area contributed by atoms with Gasteiger partial charge < -0.3 is 9.64 Å². The van der Waals surface area contributed by atoms with Crippen molar-refractivity contribution in [3.05, 3.63) is 46.1 Å². The summed E-state index contributed by atoms with van der Waals surface area (Å²) in [6.07, 6.45) is 7.77. The van der Waals surface area contributed by atoms with Gasteiger partial charge in [-0.2, -0.15) is 0 Å². The lowest BCUT2D eigenvalue weighted by Crippen LogP contribution is -2.14. The van der Waals surface area contributed by atoms with Crippen molar-refractivity contribution in [1.82, 2.24) is 9.88 Å². The Hall–Kier alpha value is -1.75. The van der Waals surface area contributed by atoms with E-state index < -0.39 is 0 Å². The van der Waals surface area contributed by atoms with Crippen LogP contribution in [0.4, 0.5) is 0 Å². The summed E-state index contributed by atoms with van der Waals surface area (Å²) in [6, 6.07) is 3.54. The summed E-state index contributed by atoms with van der Waals surface area (Å²) in [4.78, 5) is 20.5. The molecule has 2 rings (SSSR count). The van der Waals surface area contributed by atoms with Crippen LogP contribution in [0.5, 0.6) is 5.88 Å². The molecule has 0 fully saturated rings. The Morgan fingerprint density at radius 2 is 2.12 bits per heavy atom. The van der Waals surface area contributed by atoms with Crippen molar-refractivity contribution in [2.75, 3.05) is 13.2 Å². The van der Waals surface area contributed by atoms with Gasteiger partial charge in [-0.15, -0.1) is 0 Å². The van der Waals surface area contributed by atoms with E-state index in [1.54, 1.807) is 36.2 Å². The number of nitrogens with zero attached hydrogens (tertiary/aromatic N) is 2. The molecule has 4 nitrogen and oxygen atoms in total. The Morgan fingerprint density at radius 1 is 1.36 bits per heavy atom. The van der Waals surface area contributed by atoms with Crippen molar-refractivity contribution < 1.29 is 9.53 Å². The van der Waals surface area contributed by atoms with Gasteiger partial charge in [-0.1, -0.05) is 45.9 Å². The first-order chi connectivity index (χ1) is 11.9. The van der Waals surface area contributed by atoms with E-state index in [1.165, 1.54) is 4.91 Å². The summed E-state index contributed by atoms with van der Waals surface area (Å²) in [5.74, 6) is 0.336. The molecule has 1 aromatic heterocycles. The fraction of sp³-hybridized carbons (Fsp3) is 0.500. The maximum Gasteiger partial charge on any atom is 0.224 e. The maximum absolute atomic E-state index is 12.8. The molecule has 0 saturated heterocycles. The molecule has 25 heavy (non-hydrogen) atoms. The quantitative estimate of drug-likeness (QED) is 0.491. The highest BCUT2D eigenvalue weighted by Gasteiger charge is 2.28. The van der Waals surface area contributed by atoms with E-state index in [0.29, 0.717) is 18.1 Å². The molecular weight excluding hydrogens is 332 g/mol. The molecule has 0 amide bonds. The molecule has 1 aliphatic heterocycles. The SMILES string of the molecule is CCCCN1C=C(C(C)(C)C)SC1=CC(=O)c1cccnc1OCC. The van der Waals surface area contributed by atoms with Crippen LogP contribution in [0.2, 0.25) is 0 Å². The van der Waals surface area contributed by atoms with Crippen LogP contribution in [-0.4, -0.2) is 28.8 Å². The summed E-state index contributed by atoms with van der Waals surface area (Å²) in [5.41, 5.74) is 0.579. The van der Waals surface area contributed by atoms with E-state index in [1.807, 2.05) is 6.92 Å². The van der Waals surface area contributed by atoms with Gasteiger partial charge in [0.05, 0.1) is 17.2 Å². The number of allylic oxidation sites excluding steroid dienone is 2. The van der Waals surface area contributed by atoms with Gasteiger partial charge >= 0.3 is 0 Å². The maximum atomic E-state index is 12.8. The zero-order chi connectivity index (χ0) is 18.4. The van der Waals surface area contributed by atoms with Gasteiger partial charge in [0.1, 0.15) is 0 Å². The molecule has 0 aliphatic carbocycles. The second-order valence-corrected chi connectivity index (χ2v) is 8.09. The van der Waals surface area contributed by atoms with E-state index in [-0.39, 0.29) is 11.2 Å². The third-order valence-electron chi connectivity index (χ3n) is 3.83. The highest BCUT2D eigenvalue weighted by atomic mass is 32.2. The number of thioether (sulfide) groups is 1. The highest BCUT2D eigenvalue weighted by molar-refractivity contribution is 8.07. The fourth-order valence-corrected chi connectivity index (χ4v) is 3.52. The lowest BCUT2D eigenvalue weighted by molar-refractivity contribution is 0.104. The molecule has 0 radical (unpaired) electrons. The van der Waals surface area contributed by atoms with Crippen molar-refractivity contribution in [3.8, 4) is 5.88 Å². The molecule has 0 N–H and O–H groups in total. The Balaban J connectivity index is 2.27. The number of hydrogen-bond acceptors (Lipinski definition) is 5. The minimum absolute atomic E-state index is 0.0656.